The van der Waals surface area contributed by atoms with Crippen LogP contribution in [0.3, 0.4) is 0 Å². The summed E-state index contributed by atoms with van der Waals surface area (Å²) in [6.45, 7) is -0.156. The predicted molar refractivity (Wildman–Crippen MR) is 123 cm³/mol. The van der Waals surface area contributed by atoms with Gasteiger partial charge in [0.15, 0.2) is 0 Å². The molecule has 3 rings (SSSR count). The van der Waals surface area contributed by atoms with E-state index in [1.165, 1.54) is 24.3 Å². The second-order valence-electron chi connectivity index (χ2n) is 7.31. The highest BCUT2D eigenvalue weighted by molar-refractivity contribution is 5.92. The summed E-state index contributed by atoms with van der Waals surface area (Å²) in [4.78, 5) is 23.8. The third kappa shape index (κ3) is 7.29. The van der Waals surface area contributed by atoms with Crippen molar-refractivity contribution in [3.05, 3.63) is 66.2 Å². The summed E-state index contributed by atoms with van der Waals surface area (Å²) in [7, 11) is 0. The molecule has 1 atom stereocenters. The number of primary amides is 1. The standard InChI is InChI=1S/C23H26FN5O5/c24-18-5-2-15(3-6-18)20(13-33-14-22(25)31)29-23(32)28-19-7-4-16(17-11-26-27-12-17)10-21(19)34-9-1-8-30/h2-7,10-12,20,30H,1,8-9,13-14H2,(H2,25,31)(H,26,27)(H2,28,29,32). The maximum absolute atomic E-state index is 13.3. The van der Waals surface area contributed by atoms with Gasteiger partial charge in [-0.05, 0) is 35.4 Å². The topological polar surface area (TPSA) is 152 Å². The van der Waals surface area contributed by atoms with Crippen molar-refractivity contribution in [3.8, 4) is 16.9 Å². The number of urea groups is 1. The number of H-pyrrole nitrogens is 1. The van der Waals surface area contributed by atoms with Crippen LogP contribution in [0.1, 0.15) is 18.0 Å². The Morgan fingerprint density at radius 2 is 1.97 bits per heavy atom. The van der Waals surface area contributed by atoms with Crippen molar-refractivity contribution in [2.24, 2.45) is 5.73 Å². The molecule has 0 radical (unpaired) electrons. The van der Waals surface area contributed by atoms with Gasteiger partial charge in [0, 0.05) is 24.8 Å². The Kier molecular flexibility index (Phi) is 8.95. The normalized spacial score (nSPS) is 11.6. The second kappa shape index (κ2) is 12.3. The number of hydrogen-bond donors (Lipinski definition) is 5. The molecule has 1 heterocycles. The number of anilines is 1. The van der Waals surface area contributed by atoms with Gasteiger partial charge in [0.1, 0.15) is 18.2 Å². The number of rotatable bonds is 12. The summed E-state index contributed by atoms with van der Waals surface area (Å²) in [6, 6.07) is 9.54. The molecule has 180 valence electrons. The number of aliphatic hydroxyl groups is 1. The molecule has 0 aliphatic rings. The quantitative estimate of drug-likeness (QED) is 0.256. The molecule has 6 N–H and O–H groups in total. The van der Waals surface area contributed by atoms with E-state index in [1.54, 1.807) is 30.6 Å². The van der Waals surface area contributed by atoms with Gasteiger partial charge in [-0.2, -0.15) is 5.10 Å². The molecule has 3 amide bonds. The molecule has 0 saturated heterocycles. The van der Waals surface area contributed by atoms with Crippen LogP contribution in [0.5, 0.6) is 5.75 Å². The number of carbonyl (C=O) groups excluding carboxylic acids is 2. The summed E-state index contributed by atoms with van der Waals surface area (Å²) in [5.41, 5.74) is 7.75. The fraction of sp³-hybridized carbons (Fsp3) is 0.261. The number of carbonyl (C=O) groups is 2. The minimum atomic E-state index is -0.677. The Morgan fingerprint density at radius 3 is 2.65 bits per heavy atom. The average molecular weight is 471 g/mol. The molecule has 0 aliphatic heterocycles. The number of ether oxygens (including phenoxy) is 2. The SMILES string of the molecule is NC(=O)COCC(NC(=O)Nc1ccc(-c2cn[nH]c2)cc1OCCCO)c1ccc(F)cc1. The first-order valence-electron chi connectivity index (χ1n) is 10.5. The van der Waals surface area contributed by atoms with Gasteiger partial charge in [0.05, 0.1) is 31.1 Å². The van der Waals surface area contributed by atoms with E-state index in [2.05, 4.69) is 20.8 Å². The molecule has 3 aromatic rings. The molecule has 1 unspecified atom stereocenters. The van der Waals surface area contributed by atoms with Crippen LogP contribution < -0.4 is 21.1 Å². The Balaban J connectivity index is 1.75. The number of aromatic nitrogens is 2. The smallest absolute Gasteiger partial charge is 0.319 e. The van der Waals surface area contributed by atoms with Crippen molar-refractivity contribution >= 4 is 17.6 Å². The average Bonchev–Trinajstić information content (AvgIpc) is 3.35. The molecule has 1 aromatic heterocycles. The summed E-state index contributed by atoms with van der Waals surface area (Å²) >= 11 is 0. The molecule has 0 fully saturated rings. The fourth-order valence-corrected chi connectivity index (χ4v) is 3.09. The third-order valence-corrected chi connectivity index (χ3v) is 4.73. The molecular formula is C23H26FN5O5. The van der Waals surface area contributed by atoms with Crippen molar-refractivity contribution in [2.45, 2.75) is 12.5 Å². The molecular weight excluding hydrogens is 445 g/mol. The van der Waals surface area contributed by atoms with E-state index >= 15 is 0 Å². The van der Waals surface area contributed by atoms with Crippen molar-refractivity contribution in [1.29, 1.82) is 0 Å². The number of aromatic amines is 1. The van der Waals surface area contributed by atoms with Gasteiger partial charge in [0.2, 0.25) is 5.91 Å². The van der Waals surface area contributed by atoms with Crippen LogP contribution in [-0.2, 0) is 9.53 Å². The van der Waals surface area contributed by atoms with Crippen molar-refractivity contribution in [3.63, 3.8) is 0 Å². The van der Waals surface area contributed by atoms with Crippen LogP contribution in [0.2, 0.25) is 0 Å². The minimum Gasteiger partial charge on any atom is -0.491 e. The van der Waals surface area contributed by atoms with Crippen LogP contribution in [0.4, 0.5) is 14.9 Å². The highest BCUT2D eigenvalue weighted by Gasteiger charge is 2.17. The van der Waals surface area contributed by atoms with E-state index < -0.39 is 23.8 Å². The molecule has 0 aliphatic carbocycles. The largest absolute Gasteiger partial charge is 0.491 e. The van der Waals surface area contributed by atoms with Crippen LogP contribution >= 0.6 is 0 Å². The van der Waals surface area contributed by atoms with Crippen molar-refractivity contribution in [2.75, 3.05) is 31.7 Å². The van der Waals surface area contributed by atoms with Gasteiger partial charge in [-0.15, -0.1) is 0 Å². The Labute approximate surface area is 195 Å². The van der Waals surface area contributed by atoms with Gasteiger partial charge in [-0.1, -0.05) is 18.2 Å². The predicted octanol–water partition coefficient (Wildman–Crippen LogP) is 2.34. The first kappa shape index (κ1) is 24.7. The zero-order chi connectivity index (χ0) is 24.3. The lowest BCUT2D eigenvalue weighted by molar-refractivity contribution is -0.122. The zero-order valence-electron chi connectivity index (χ0n) is 18.3. The molecule has 0 saturated carbocycles. The van der Waals surface area contributed by atoms with Gasteiger partial charge >= 0.3 is 6.03 Å². The summed E-state index contributed by atoms with van der Waals surface area (Å²) < 4.78 is 24.4. The van der Waals surface area contributed by atoms with Crippen LogP contribution in [0.15, 0.2) is 54.9 Å². The van der Waals surface area contributed by atoms with Gasteiger partial charge in [-0.3, -0.25) is 9.89 Å². The number of nitrogens with one attached hydrogen (secondary N) is 3. The molecule has 2 aromatic carbocycles. The summed E-state index contributed by atoms with van der Waals surface area (Å²) in [6.07, 6.45) is 3.81. The van der Waals surface area contributed by atoms with Crippen molar-refractivity contribution < 1.29 is 28.6 Å². The summed E-state index contributed by atoms with van der Waals surface area (Å²) in [5, 5.41) is 21.2. The molecule has 0 spiro atoms. The number of nitrogens with zero attached hydrogens (tertiary/aromatic N) is 1. The van der Waals surface area contributed by atoms with Crippen molar-refractivity contribution in [1.82, 2.24) is 15.5 Å². The second-order valence-corrected chi connectivity index (χ2v) is 7.31. The van der Waals surface area contributed by atoms with E-state index in [1.807, 2.05) is 0 Å². The lowest BCUT2D eigenvalue weighted by Gasteiger charge is -2.20. The molecule has 11 heteroatoms. The fourth-order valence-electron chi connectivity index (χ4n) is 3.09. The maximum Gasteiger partial charge on any atom is 0.319 e. The molecule has 10 nitrogen and oxygen atoms in total. The van der Waals surface area contributed by atoms with Gasteiger partial charge < -0.3 is 30.9 Å². The Morgan fingerprint density at radius 1 is 1.18 bits per heavy atom. The van der Waals surface area contributed by atoms with E-state index in [9.17, 15) is 14.0 Å². The van der Waals surface area contributed by atoms with Crippen LogP contribution in [-0.4, -0.2) is 53.7 Å². The van der Waals surface area contributed by atoms with E-state index in [4.69, 9.17) is 20.3 Å². The minimum absolute atomic E-state index is 0.0324. The summed E-state index contributed by atoms with van der Waals surface area (Å²) in [5.74, 6) is -0.664. The number of nitrogens with two attached hydrogens (primary N) is 1. The van der Waals surface area contributed by atoms with E-state index in [0.717, 1.165) is 11.1 Å². The van der Waals surface area contributed by atoms with E-state index in [-0.39, 0.29) is 26.4 Å². The number of amides is 3. The first-order valence-corrected chi connectivity index (χ1v) is 10.5. The lowest BCUT2D eigenvalue weighted by Crippen LogP contribution is -2.35. The number of aliphatic hydroxyl groups excluding tert-OH is 1. The first-order chi connectivity index (χ1) is 16.5. The third-order valence-electron chi connectivity index (χ3n) is 4.73. The zero-order valence-corrected chi connectivity index (χ0v) is 18.3. The van der Waals surface area contributed by atoms with Crippen LogP contribution in [0, 0.1) is 5.82 Å². The highest BCUT2D eigenvalue weighted by Crippen LogP contribution is 2.31. The van der Waals surface area contributed by atoms with Gasteiger partial charge in [-0.25, -0.2) is 9.18 Å². The Bertz CT molecular complexity index is 1080. The highest BCUT2D eigenvalue weighted by atomic mass is 19.1. The number of benzene rings is 2. The monoisotopic (exact) mass is 471 g/mol. The van der Waals surface area contributed by atoms with E-state index in [0.29, 0.717) is 23.4 Å². The lowest BCUT2D eigenvalue weighted by atomic mass is 10.1. The molecule has 34 heavy (non-hydrogen) atoms. The Hall–Kier alpha value is -3.96. The number of hydrogen-bond acceptors (Lipinski definition) is 6. The molecule has 0 bridgehead atoms. The van der Waals surface area contributed by atoms with Crippen LogP contribution in [0.25, 0.3) is 11.1 Å². The maximum atomic E-state index is 13.3. The van der Waals surface area contributed by atoms with Gasteiger partial charge in [0.25, 0.3) is 0 Å². The number of halogens is 1.